The summed E-state index contributed by atoms with van der Waals surface area (Å²) in [5.41, 5.74) is 3.75. The van der Waals surface area contributed by atoms with Crippen molar-refractivity contribution in [2.45, 2.75) is 30.4 Å². The molecule has 0 saturated carbocycles. The van der Waals surface area contributed by atoms with Gasteiger partial charge in [-0.05, 0) is 80.2 Å². The lowest BCUT2D eigenvalue weighted by Crippen LogP contribution is -2.24. The van der Waals surface area contributed by atoms with Crippen molar-refractivity contribution in [2.75, 3.05) is 16.0 Å². The molecule has 0 radical (unpaired) electrons. The lowest BCUT2D eigenvalue weighted by molar-refractivity contribution is -0.115. The second-order valence-corrected chi connectivity index (χ2v) is 11.8. The van der Waals surface area contributed by atoms with Gasteiger partial charge in [0.2, 0.25) is 5.91 Å². The Hall–Kier alpha value is -2.95. The Morgan fingerprint density at radius 3 is 2.41 bits per heavy atom. The number of nitrogens with zero attached hydrogens (tertiary/aromatic N) is 1. The van der Waals surface area contributed by atoms with Crippen LogP contribution < -0.4 is 16.0 Å². The number of thiocarbonyl (C=S) groups is 1. The second-order valence-electron chi connectivity index (χ2n) is 8.41. The first-order valence-corrected chi connectivity index (χ1v) is 14.8. The molecule has 0 aliphatic heterocycles. The fourth-order valence-electron chi connectivity index (χ4n) is 3.52. The number of amides is 1. The number of hydrogen-bond donors (Lipinski definition) is 3. The van der Waals surface area contributed by atoms with E-state index < -0.39 is 0 Å². The molecule has 4 aromatic rings. The van der Waals surface area contributed by atoms with Crippen LogP contribution >= 0.6 is 58.5 Å². The summed E-state index contributed by atoms with van der Waals surface area (Å²) >= 11 is 20.4. The molecular weight excluding hydrogens is 591 g/mol. The zero-order chi connectivity index (χ0) is 27.9. The number of thioether (sulfide) groups is 1. The van der Waals surface area contributed by atoms with Gasteiger partial charge in [0.25, 0.3) is 0 Å². The van der Waals surface area contributed by atoms with Crippen LogP contribution in [0.3, 0.4) is 0 Å². The van der Waals surface area contributed by atoms with Crippen molar-refractivity contribution in [3.8, 4) is 11.3 Å². The molecule has 0 aliphatic rings. The van der Waals surface area contributed by atoms with Crippen LogP contribution in [-0.2, 0) is 4.79 Å². The van der Waals surface area contributed by atoms with Crippen LogP contribution in [0, 0.1) is 0 Å². The van der Waals surface area contributed by atoms with Crippen molar-refractivity contribution in [2.24, 2.45) is 0 Å². The average Bonchev–Trinajstić information content (AvgIpc) is 3.37. The van der Waals surface area contributed by atoms with Crippen molar-refractivity contribution < 1.29 is 9.59 Å². The molecule has 3 N–H and O–H groups in total. The first-order chi connectivity index (χ1) is 18.7. The van der Waals surface area contributed by atoms with E-state index in [1.165, 1.54) is 30.0 Å². The summed E-state index contributed by atoms with van der Waals surface area (Å²) in [4.78, 5) is 30.0. The van der Waals surface area contributed by atoms with E-state index in [1.54, 1.807) is 36.4 Å². The third kappa shape index (κ3) is 8.03. The quantitative estimate of drug-likeness (QED) is 0.0988. The Morgan fingerprint density at radius 1 is 0.974 bits per heavy atom. The van der Waals surface area contributed by atoms with Crippen LogP contribution in [0.1, 0.15) is 30.6 Å². The van der Waals surface area contributed by atoms with Crippen LogP contribution in [0.4, 0.5) is 16.5 Å². The molecule has 0 fully saturated rings. The van der Waals surface area contributed by atoms with Crippen LogP contribution in [-0.4, -0.2) is 27.0 Å². The van der Waals surface area contributed by atoms with Crippen molar-refractivity contribution >= 4 is 91.8 Å². The van der Waals surface area contributed by atoms with Gasteiger partial charge >= 0.3 is 0 Å². The van der Waals surface area contributed by atoms with Gasteiger partial charge in [-0.25, -0.2) is 4.98 Å². The van der Waals surface area contributed by atoms with Crippen molar-refractivity contribution in [1.82, 2.24) is 4.98 Å². The van der Waals surface area contributed by atoms with E-state index in [0.29, 0.717) is 38.0 Å². The van der Waals surface area contributed by atoms with Crippen LogP contribution in [0.5, 0.6) is 0 Å². The molecule has 0 saturated heterocycles. The van der Waals surface area contributed by atoms with E-state index in [0.717, 1.165) is 21.8 Å². The number of nitrogens with one attached hydrogen (secondary N) is 3. The van der Waals surface area contributed by atoms with E-state index in [-0.39, 0.29) is 16.9 Å². The summed E-state index contributed by atoms with van der Waals surface area (Å²) < 4.78 is 0. The van der Waals surface area contributed by atoms with E-state index in [2.05, 4.69) is 20.9 Å². The fraction of sp³-hybridized carbons (Fsp3) is 0.143. The average molecular weight is 616 g/mol. The molecule has 0 aliphatic carbocycles. The molecule has 0 bridgehead atoms. The van der Waals surface area contributed by atoms with Gasteiger partial charge in [0, 0.05) is 32.8 Å². The standard InChI is InChI=1S/C28H24Cl2N4O2S3/c1-3-25(26(36)34-28-33-24(15-38-28)18-9-12-22(29)23(30)13-18)39-21-6-4-5-20(14-21)32-27(37)31-19-10-7-17(8-11-19)16(2)35/h4-15,25H,3H2,1-2H3,(H2,31,32,37)(H,33,34,36). The Bertz CT molecular complexity index is 1510. The van der Waals surface area contributed by atoms with Crippen LogP contribution in [0.2, 0.25) is 10.0 Å². The number of thiazole rings is 1. The maximum Gasteiger partial charge on any atom is 0.239 e. The molecule has 1 aromatic heterocycles. The maximum atomic E-state index is 13.1. The molecule has 1 heterocycles. The number of ketones is 1. The number of rotatable bonds is 9. The highest BCUT2D eigenvalue weighted by molar-refractivity contribution is 8.00. The van der Waals surface area contributed by atoms with Crippen LogP contribution in [0.25, 0.3) is 11.3 Å². The lowest BCUT2D eigenvalue weighted by atomic mass is 10.1. The first-order valence-electron chi connectivity index (χ1n) is 11.9. The highest BCUT2D eigenvalue weighted by Crippen LogP contribution is 2.32. The number of benzene rings is 3. The monoisotopic (exact) mass is 614 g/mol. The summed E-state index contributed by atoms with van der Waals surface area (Å²) in [6.45, 7) is 3.50. The molecule has 39 heavy (non-hydrogen) atoms. The van der Waals surface area contributed by atoms with Gasteiger partial charge < -0.3 is 16.0 Å². The molecular formula is C28H24Cl2N4O2S3. The minimum Gasteiger partial charge on any atom is -0.332 e. The number of anilines is 3. The van der Waals surface area contributed by atoms with E-state index in [1.807, 2.05) is 42.6 Å². The Morgan fingerprint density at radius 2 is 1.72 bits per heavy atom. The summed E-state index contributed by atoms with van der Waals surface area (Å²) in [5.74, 6) is -0.113. The number of halogens is 2. The Balaban J connectivity index is 1.35. The zero-order valence-electron chi connectivity index (χ0n) is 21.0. The van der Waals surface area contributed by atoms with Gasteiger partial charge in [-0.1, -0.05) is 42.3 Å². The zero-order valence-corrected chi connectivity index (χ0v) is 24.9. The van der Waals surface area contributed by atoms with E-state index in [9.17, 15) is 9.59 Å². The largest absolute Gasteiger partial charge is 0.332 e. The smallest absolute Gasteiger partial charge is 0.239 e. The highest BCUT2D eigenvalue weighted by atomic mass is 35.5. The van der Waals surface area contributed by atoms with Gasteiger partial charge in [-0.15, -0.1) is 23.1 Å². The van der Waals surface area contributed by atoms with Gasteiger partial charge in [0.1, 0.15) is 0 Å². The van der Waals surface area contributed by atoms with Crippen molar-refractivity contribution in [1.29, 1.82) is 0 Å². The maximum absolute atomic E-state index is 13.1. The summed E-state index contributed by atoms with van der Waals surface area (Å²) in [7, 11) is 0. The first kappa shape index (κ1) is 29.0. The minimum absolute atomic E-state index is 0.00957. The molecule has 1 atom stereocenters. The second kappa shape index (κ2) is 13.4. The van der Waals surface area contributed by atoms with Gasteiger partial charge in [0.05, 0.1) is 21.0 Å². The molecule has 3 aromatic carbocycles. The molecule has 0 spiro atoms. The van der Waals surface area contributed by atoms with E-state index in [4.69, 9.17) is 35.4 Å². The van der Waals surface area contributed by atoms with Gasteiger partial charge in [-0.3, -0.25) is 9.59 Å². The summed E-state index contributed by atoms with van der Waals surface area (Å²) in [6.07, 6.45) is 0.634. The normalized spacial score (nSPS) is 11.5. The number of Topliss-reactive ketones (excluding diaryl/α,β-unsaturated/α-hetero) is 1. The van der Waals surface area contributed by atoms with Gasteiger partial charge in [-0.2, -0.15) is 0 Å². The molecule has 11 heteroatoms. The molecule has 6 nitrogen and oxygen atoms in total. The molecule has 1 amide bonds. The van der Waals surface area contributed by atoms with Crippen LogP contribution in [0.15, 0.2) is 77.0 Å². The SMILES string of the molecule is CCC(Sc1cccc(NC(=S)Nc2ccc(C(C)=O)cc2)c1)C(=O)Nc1nc(-c2ccc(Cl)c(Cl)c2)cs1. The number of carbonyl (C=O) groups excluding carboxylic acids is 2. The Labute approximate surface area is 250 Å². The van der Waals surface area contributed by atoms with Gasteiger partial charge in [0.15, 0.2) is 16.0 Å². The predicted molar refractivity (Wildman–Crippen MR) is 169 cm³/mol. The van der Waals surface area contributed by atoms with E-state index >= 15 is 0 Å². The topological polar surface area (TPSA) is 83.1 Å². The van der Waals surface area contributed by atoms with Crippen molar-refractivity contribution in [3.63, 3.8) is 0 Å². The lowest BCUT2D eigenvalue weighted by Gasteiger charge is -2.15. The predicted octanol–water partition coefficient (Wildman–Crippen LogP) is 8.64. The summed E-state index contributed by atoms with van der Waals surface area (Å²) in [5, 5.41) is 12.6. The highest BCUT2D eigenvalue weighted by Gasteiger charge is 2.20. The molecule has 4 rings (SSSR count). The number of carbonyl (C=O) groups is 2. The fourth-order valence-corrected chi connectivity index (χ4v) is 5.79. The third-order valence-electron chi connectivity index (χ3n) is 5.53. The molecule has 200 valence electrons. The summed E-state index contributed by atoms with van der Waals surface area (Å²) in [6, 6.07) is 20.1. The molecule has 1 unspecified atom stereocenters. The van der Waals surface area contributed by atoms with Crippen molar-refractivity contribution in [3.05, 3.63) is 87.7 Å². The Kier molecular flexibility index (Phi) is 9.99. The number of hydrogen-bond acceptors (Lipinski definition) is 6. The minimum atomic E-state index is -0.317. The third-order valence-corrected chi connectivity index (χ3v) is 8.59. The number of aromatic nitrogens is 1.